The molecule has 0 bridgehead atoms. The standard InChI is InChI=1S/C26H33NO4S/c1-6-30-20-11-9-8-10-17(20)12-15-22(28)27-24-23(25(29)31-7-2)19-14-13-18(26(3,4)5)16-21(19)32-24/h8-12,15,18H,6-7,13-14,16H2,1-5H3,(H,27,28)/b15-12+. The van der Waals surface area contributed by atoms with Crippen molar-refractivity contribution in [2.24, 2.45) is 11.3 Å². The van der Waals surface area contributed by atoms with E-state index in [2.05, 4.69) is 26.1 Å². The summed E-state index contributed by atoms with van der Waals surface area (Å²) >= 11 is 1.51. The van der Waals surface area contributed by atoms with Gasteiger partial charge in [0.1, 0.15) is 10.8 Å². The molecule has 1 N–H and O–H groups in total. The number of anilines is 1. The van der Waals surface area contributed by atoms with Crippen LogP contribution in [-0.2, 0) is 22.4 Å². The molecule has 0 saturated carbocycles. The third-order valence-electron chi connectivity index (χ3n) is 5.84. The summed E-state index contributed by atoms with van der Waals surface area (Å²) in [5.41, 5.74) is 2.59. The van der Waals surface area contributed by atoms with Gasteiger partial charge in [-0.05, 0) is 62.1 Å². The summed E-state index contributed by atoms with van der Waals surface area (Å²) < 4.78 is 10.9. The smallest absolute Gasteiger partial charge is 0.341 e. The Morgan fingerprint density at radius 2 is 1.94 bits per heavy atom. The fourth-order valence-corrected chi connectivity index (χ4v) is 5.38. The zero-order valence-electron chi connectivity index (χ0n) is 19.6. The van der Waals surface area contributed by atoms with Crippen LogP contribution in [0.15, 0.2) is 30.3 Å². The van der Waals surface area contributed by atoms with E-state index in [1.54, 1.807) is 13.0 Å². The molecule has 2 aromatic rings. The maximum absolute atomic E-state index is 12.8. The number of carbonyl (C=O) groups excluding carboxylic acids is 2. The number of para-hydroxylation sites is 1. The average Bonchev–Trinajstić information content (AvgIpc) is 3.10. The molecule has 32 heavy (non-hydrogen) atoms. The van der Waals surface area contributed by atoms with Crippen LogP contribution in [0.25, 0.3) is 6.08 Å². The van der Waals surface area contributed by atoms with Crippen LogP contribution < -0.4 is 10.1 Å². The van der Waals surface area contributed by atoms with Crippen LogP contribution in [0.5, 0.6) is 5.75 Å². The summed E-state index contributed by atoms with van der Waals surface area (Å²) in [5.74, 6) is 0.626. The molecule has 0 spiro atoms. The molecule has 1 heterocycles. The van der Waals surface area contributed by atoms with Gasteiger partial charge in [0, 0.05) is 16.5 Å². The van der Waals surface area contributed by atoms with Gasteiger partial charge in [0.05, 0.1) is 18.8 Å². The Kier molecular flexibility index (Phi) is 7.77. The Labute approximate surface area is 194 Å². The minimum absolute atomic E-state index is 0.200. The van der Waals surface area contributed by atoms with Crippen molar-refractivity contribution in [1.82, 2.24) is 0 Å². The number of carbonyl (C=O) groups is 2. The first-order chi connectivity index (χ1) is 15.2. The van der Waals surface area contributed by atoms with Crippen LogP contribution in [-0.4, -0.2) is 25.1 Å². The fraction of sp³-hybridized carbons (Fsp3) is 0.462. The molecular weight excluding hydrogens is 422 g/mol. The summed E-state index contributed by atoms with van der Waals surface area (Å²) in [4.78, 5) is 26.7. The largest absolute Gasteiger partial charge is 0.493 e. The maximum atomic E-state index is 12.8. The lowest BCUT2D eigenvalue weighted by Gasteiger charge is -2.33. The summed E-state index contributed by atoms with van der Waals surface area (Å²) in [5, 5.41) is 3.51. The Bertz CT molecular complexity index is 1000. The van der Waals surface area contributed by atoms with E-state index < -0.39 is 0 Å². The molecule has 6 heteroatoms. The van der Waals surface area contributed by atoms with E-state index in [0.717, 1.165) is 36.1 Å². The van der Waals surface area contributed by atoms with E-state index in [4.69, 9.17) is 9.47 Å². The zero-order valence-corrected chi connectivity index (χ0v) is 20.4. The number of ether oxygens (including phenoxy) is 2. The van der Waals surface area contributed by atoms with Gasteiger partial charge < -0.3 is 14.8 Å². The second-order valence-corrected chi connectivity index (χ2v) is 10.1. The highest BCUT2D eigenvalue weighted by Gasteiger charge is 2.34. The lowest BCUT2D eigenvalue weighted by Crippen LogP contribution is -2.26. The van der Waals surface area contributed by atoms with Gasteiger partial charge in [0.25, 0.3) is 0 Å². The number of esters is 1. The number of thiophene rings is 1. The molecule has 172 valence electrons. The molecule has 0 saturated heterocycles. The molecule has 0 aliphatic heterocycles. The molecular formula is C26H33NO4S. The molecule has 1 aliphatic rings. The predicted molar refractivity (Wildman–Crippen MR) is 131 cm³/mol. The Balaban J connectivity index is 1.85. The number of amides is 1. The molecule has 1 amide bonds. The van der Waals surface area contributed by atoms with Gasteiger partial charge >= 0.3 is 5.97 Å². The SMILES string of the molecule is CCOC(=O)c1c(NC(=O)/C=C/c2ccccc2OCC)sc2c1CCC(C(C)(C)C)C2. The highest BCUT2D eigenvalue weighted by molar-refractivity contribution is 7.17. The van der Waals surface area contributed by atoms with Gasteiger partial charge in [0.2, 0.25) is 5.91 Å². The number of rotatable bonds is 7. The van der Waals surface area contributed by atoms with Crippen LogP contribution in [0.2, 0.25) is 0 Å². The molecule has 1 aromatic carbocycles. The van der Waals surface area contributed by atoms with Gasteiger partial charge in [-0.15, -0.1) is 11.3 Å². The van der Waals surface area contributed by atoms with Crippen molar-refractivity contribution in [2.45, 2.75) is 53.9 Å². The number of benzene rings is 1. The Hall–Kier alpha value is -2.60. The predicted octanol–water partition coefficient (Wildman–Crippen LogP) is 6.13. The summed E-state index contributed by atoms with van der Waals surface area (Å²) in [7, 11) is 0. The van der Waals surface area contributed by atoms with Crippen LogP contribution in [0.1, 0.15) is 67.4 Å². The van der Waals surface area contributed by atoms with E-state index in [0.29, 0.717) is 29.7 Å². The number of hydrogen-bond acceptors (Lipinski definition) is 5. The van der Waals surface area contributed by atoms with E-state index >= 15 is 0 Å². The second kappa shape index (κ2) is 10.3. The van der Waals surface area contributed by atoms with Crippen molar-refractivity contribution in [3.05, 3.63) is 51.9 Å². The monoisotopic (exact) mass is 455 g/mol. The number of hydrogen-bond donors (Lipinski definition) is 1. The van der Waals surface area contributed by atoms with Gasteiger partial charge in [-0.1, -0.05) is 39.0 Å². The first kappa shape index (κ1) is 24.1. The van der Waals surface area contributed by atoms with Crippen molar-refractivity contribution in [2.75, 3.05) is 18.5 Å². The Morgan fingerprint density at radius 3 is 2.62 bits per heavy atom. The minimum atomic E-state index is -0.361. The van der Waals surface area contributed by atoms with E-state index in [-0.39, 0.29) is 17.3 Å². The summed E-state index contributed by atoms with van der Waals surface area (Å²) in [6.07, 6.45) is 5.98. The van der Waals surface area contributed by atoms with Crippen LogP contribution >= 0.6 is 11.3 Å². The molecule has 3 rings (SSSR count). The number of fused-ring (bicyclic) bond motifs is 1. The van der Waals surface area contributed by atoms with Gasteiger partial charge in [-0.25, -0.2) is 4.79 Å². The van der Waals surface area contributed by atoms with Gasteiger partial charge in [0.15, 0.2) is 0 Å². The lowest BCUT2D eigenvalue weighted by molar-refractivity contribution is -0.111. The first-order valence-electron chi connectivity index (χ1n) is 11.3. The summed E-state index contributed by atoms with van der Waals surface area (Å²) in [6, 6.07) is 7.57. The third kappa shape index (κ3) is 5.60. The van der Waals surface area contributed by atoms with Crippen molar-refractivity contribution in [1.29, 1.82) is 0 Å². The minimum Gasteiger partial charge on any atom is -0.493 e. The second-order valence-electron chi connectivity index (χ2n) is 9.03. The average molecular weight is 456 g/mol. The molecule has 1 unspecified atom stereocenters. The Morgan fingerprint density at radius 1 is 1.19 bits per heavy atom. The van der Waals surface area contributed by atoms with Gasteiger partial charge in [-0.2, -0.15) is 0 Å². The first-order valence-corrected chi connectivity index (χ1v) is 12.1. The van der Waals surface area contributed by atoms with E-state index in [9.17, 15) is 9.59 Å². The van der Waals surface area contributed by atoms with E-state index in [1.165, 1.54) is 22.3 Å². The highest BCUT2D eigenvalue weighted by Crippen LogP contribution is 2.44. The third-order valence-corrected chi connectivity index (χ3v) is 7.01. The molecule has 1 aliphatic carbocycles. The molecule has 5 nitrogen and oxygen atoms in total. The maximum Gasteiger partial charge on any atom is 0.341 e. The van der Waals surface area contributed by atoms with Crippen LogP contribution in [0.4, 0.5) is 5.00 Å². The van der Waals surface area contributed by atoms with Crippen LogP contribution in [0, 0.1) is 11.3 Å². The van der Waals surface area contributed by atoms with Crippen LogP contribution in [0.3, 0.4) is 0 Å². The van der Waals surface area contributed by atoms with Gasteiger partial charge in [-0.3, -0.25) is 4.79 Å². The van der Waals surface area contributed by atoms with Crippen molar-refractivity contribution >= 4 is 34.3 Å². The lowest BCUT2D eigenvalue weighted by atomic mass is 9.72. The quantitative estimate of drug-likeness (QED) is 0.403. The van der Waals surface area contributed by atoms with Crippen molar-refractivity contribution in [3.8, 4) is 5.75 Å². The van der Waals surface area contributed by atoms with Crippen molar-refractivity contribution in [3.63, 3.8) is 0 Å². The molecule has 0 radical (unpaired) electrons. The molecule has 1 aromatic heterocycles. The fourth-order valence-electron chi connectivity index (χ4n) is 4.06. The summed E-state index contributed by atoms with van der Waals surface area (Å²) in [6.45, 7) is 11.4. The topological polar surface area (TPSA) is 64.6 Å². The molecule has 1 atom stereocenters. The normalized spacial score (nSPS) is 16.0. The van der Waals surface area contributed by atoms with Crippen molar-refractivity contribution < 1.29 is 19.1 Å². The number of nitrogens with one attached hydrogen (secondary N) is 1. The van der Waals surface area contributed by atoms with E-state index in [1.807, 2.05) is 31.2 Å². The molecule has 0 fully saturated rings. The highest BCUT2D eigenvalue weighted by atomic mass is 32.1. The zero-order chi connectivity index (χ0) is 23.3.